The summed E-state index contributed by atoms with van der Waals surface area (Å²) in [5, 5.41) is 13.4. The topological polar surface area (TPSA) is 54.3 Å². The summed E-state index contributed by atoms with van der Waals surface area (Å²) < 4.78 is 16.1. The third kappa shape index (κ3) is 4.00. The summed E-state index contributed by atoms with van der Waals surface area (Å²) >= 11 is 0. The highest BCUT2D eigenvalue weighted by molar-refractivity contribution is 5.91. The highest BCUT2D eigenvalue weighted by Gasteiger charge is 2.28. The van der Waals surface area contributed by atoms with E-state index in [0.717, 1.165) is 17.7 Å². The molecule has 28 heavy (non-hydrogen) atoms. The molecule has 5 heteroatoms. The molecule has 1 aliphatic carbocycles. The van der Waals surface area contributed by atoms with Crippen molar-refractivity contribution < 1.29 is 14.3 Å². The molecule has 3 rings (SSSR count). The van der Waals surface area contributed by atoms with E-state index in [1.54, 1.807) is 18.2 Å². The zero-order valence-electron chi connectivity index (χ0n) is 17.3. The van der Waals surface area contributed by atoms with Gasteiger partial charge in [-0.3, -0.25) is 0 Å². The molecule has 2 N–H and O–H groups in total. The molecule has 3 atom stereocenters. The number of carboxylic acid groups (broad SMARTS) is 1. The first-order valence-electron chi connectivity index (χ1n) is 10.2. The highest BCUT2D eigenvalue weighted by atomic mass is 19.1. The normalized spacial score (nSPS) is 22.4. The Morgan fingerprint density at radius 1 is 1.21 bits per heavy atom. The number of rotatable bonds is 6. The molecule has 2 aromatic rings. The minimum atomic E-state index is -0.922. The predicted octanol–water partition coefficient (Wildman–Crippen LogP) is 4.90. The van der Waals surface area contributed by atoms with Crippen LogP contribution in [0.15, 0.2) is 24.3 Å². The second-order valence-electron chi connectivity index (χ2n) is 8.26. The summed E-state index contributed by atoms with van der Waals surface area (Å²) in [5.41, 5.74) is 3.29. The van der Waals surface area contributed by atoms with Gasteiger partial charge in [-0.1, -0.05) is 44.9 Å². The Labute approximate surface area is 166 Å². The van der Waals surface area contributed by atoms with E-state index in [0.29, 0.717) is 47.8 Å². The van der Waals surface area contributed by atoms with Gasteiger partial charge in [-0.05, 0) is 38.2 Å². The van der Waals surface area contributed by atoms with Crippen LogP contribution in [-0.2, 0) is 13.1 Å². The van der Waals surface area contributed by atoms with Gasteiger partial charge in [-0.25, -0.2) is 9.18 Å². The van der Waals surface area contributed by atoms with Crippen LogP contribution in [0.25, 0.3) is 0 Å². The van der Waals surface area contributed by atoms with Gasteiger partial charge in [0, 0.05) is 35.1 Å². The number of halogens is 1. The first-order chi connectivity index (χ1) is 13.3. The maximum atomic E-state index is 14.1. The Balaban J connectivity index is 1.88. The molecule has 0 unspecified atom stereocenters. The molecular formula is C23H31FN2O2. The Hall–Kier alpha value is -2.14. The van der Waals surface area contributed by atoms with Crippen molar-refractivity contribution in [1.82, 2.24) is 9.88 Å². The molecule has 0 saturated heterocycles. The molecule has 4 nitrogen and oxygen atoms in total. The van der Waals surface area contributed by atoms with Crippen LogP contribution in [0.4, 0.5) is 4.39 Å². The standard InChI is InChI=1S/C23H31FN2O2/c1-14-8-7-11-21(15(14)2)25-12-19-16(3)26(17(4)22(19)23(27)28)13-18-9-5-6-10-20(18)24/h5-6,9-10,14-15,21,25H,7-8,11-13H2,1-4H3,(H,27,28)/t14-,15+,21-/m1/s1. The first kappa shape index (κ1) is 20.6. The minimum absolute atomic E-state index is 0.267. The zero-order chi connectivity index (χ0) is 20.4. The van der Waals surface area contributed by atoms with E-state index in [2.05, 4.69) is 19.2 Å². The van der Waals surface area contributed by atoms with Crippen LogP contribution >= 0.6 is 0 Å². The molecular weight excluding hydrogens is 355 g/mol. The van der Waals surface area contributed by atoms with E-state index in [4.69, 9.17) is 0 Å². The second-order valence-corrected chi connectivity index (χ2v) is 8.26. The minimum Gasteiger partial charge on any atom is -0.478 e. The van der Waals surface area contributed by atoms with Gasteiger partial charge in [0.15, 0.2) is 0 Å². The number of hydrogen-bond donors (Lipinski definition) is 2. The van der Waals surface area contributed by atoms with Crippen LogP contribution in [0.3, 0.4) is 0 Å². The molecule has 1 saturated carbocycles. The molecule has 1 fully saturated rings. The SMILES string of the molecule is Cc1c(CN[C@@H]2CCC[C@@H](C)[C@@H]2C)c(C(=O)O)c(C)n1Cc1ccccc1F. The number of aromatic carboxylic acids is 1. The summed E-state index contributed by atoms with van der Waals surface area (Å²) in [6.07, 6.45) is 3.60. The van der Waals surface area contributed by atoms with Crippen molar-refractivity contribution in [3.63, 3.8) is 0 Å². The summed E-state index contributed by atoms with van der Waals surface area (Å²) in [4.78, 5) is 12.0. The van der Waals surface area contributed by atoms with Crippen molar-refractivity contribution in [2.45, 2.75) is 66.1 Å². The van der Waals surface area contributed by atoms with E-state index in [1.807, 2.05) is 18.4 Å². The van der Waals surface area contributed by atoms with E-state index in [-0.39, 0.29) is 5.82 Å². The molecule has 0 aliphatic heterocycles. The number of carbonyl (C=O) groups is 1. The highest BCUT2D eigenvalue weighted by Crippen LogP contribution is 2.30. The van der Waals surface area contributed by atoms with Crippen LogP contribution < -0.4 is 5.32 Å². The quantitative estimate of drug-likeness (QED) is 0.742. The molecule has 1 heterocycles. The summed E-state index contributed by atoms with van der Waals surface area (Å²) in [6, 6.07) is 7.06. The Bertz CT molecular complexity index is 859. The first-order valence-corrected chi connectivity index (χ1v) is 10.2. The lowest BCUT2D eigenvalue weighted by atomic mass is 9.78. The van der Waals surface area contributed by atoms with Gasteiger partial charge in [0.1, 0.15) is 5.82 Å². The Morgan fingerprint density at radius 3 is 2.61 bits per heavy atom. The van der Waals surface area contributed by atoms with Crippen molar-refractivity contribution in [2.75, 3.05) is 0 Å². The van der Waals surface area contributed by atoms with Crippen molar-refractivity contribution in [1.29, 1.82) is 0 Å². The van der Waals surface area contributed by atoms with Gasteiger partial charge in [-0.2, -0.15) is 0 Å². The van der Waals surface area contributed by atoms with Crippen LogP contribution in [0.5, 0.6) is 0 Å². The average Bonchev–Trinajstić information content (AvgIpc) is 2.89. The predicted molar refractivity (Wildman–Crippen MR) is 109 cm³/mol. The fourth-order valence-electron chi connectivity index (χ4n) is 4.59. The smallest absolute Gasteiger partial charge is 0.337 e. The number of aromatic nitrogens is 1. The van der Waals surface area contributed by atoms with Crippen LogP contribution in [0.2, 0.25) is 0 Å². The van der Waals surface area contributed by atoms with Gasteiger partial charge in [0.05, 0.1) is 12.1 Å². The van der Waals surface area contributed by atoms with Gasteiger partial charge in [0.2, 0.25) is 0 Å². The van der Waals surface area contributed by atoms with Crippen molar-refractivity contribution in [3.8, 4) is 0 Å². The number of hydrogen-bond acceptors (Lipinski definition) is 2. The maximum absolute atomic E-state index is 14.1. The number of nitrogens with one attached hydrogen (secondary N) is 1. The molecule has 0 radical (unpaired) electrons. The maximum Gasteiger partial charge on any atom is 0.337 e. The van der Waals surface area contributed by atoms with Crippen LogP contribution in [-0.4, -0.2) is 21.7 Å². The third-order valence-corrected chi connectivity index (χ3v) is 6.66. The van der Waals surface area contributed by atoms with E-state index in [1.165, 1.54) is 18.9 Å². The lowest BCUT2D eigenvalue weighted by molar-refractivity contribution is 0.0694. The molecule has 0 bridgehead atoms. The summed E-state index contributed by atoms with van der Waals surface area (Å²) in [5.74, 6) is 0.0638. The fraction of sp³-hybridized carbons (Fsp3) is 0.522. The van der Waals surface area contributed by atoms with Crippen molar-refractivity contribution >= 4 is 5.97 Å². The lowest BCUT2D eigenvalue weighted by Gasteiger charge is -2.34. The van der Waals surface area contributed by atoms with Gasteiger partial charge in [-0.15, -0.1) is 0 Å². The van der Waals surface area contributed by atoms with E-state index >= 15 is 0 Å². The van der Waals surface area contributed by atoms with Gasteiger partial charge >= 0.3 is 5.97 Å². The van der Waals surface area contributed by atoms with E-state index in [9.17, 15) is 14.3 Å². The Kier molecular flexibility index (Phi) is 6.23. The molecule has 1 aromatic carbocycles. The molecule has 1 aromatic heterocycles. The van der Waals surface area contributed by atoms with Crippen LogP contribution in [0, 0.1) is 31.5 Å². The third-order valence-electron chi connectivity index (χ3n) is 6.66. The number of carboxylic acids is 1. The molecule has 0 amide bonds. The Morgan fingerprint density at radius 2 is 1.93 bits per heavy atom. The second kappa shape index (κ2) is 8.48. The molecule has 1 aliphatic rings. The average molecular weight is 387 g/mol. The van der Waals surface area contributed by atoms with Crippen molar-refractivity contribution in [3.05, 3.63) is 58.2 Å². The molecule has 152 valence electrons. The van der Waals surface area contributed by atoms with Gasteiger partial charge in [0.25, 0.3) is 0 Å². The summed E-state index contributed by atoms with van der Waals surface area (Å²) in [6.45, 7) is 9.18. The monoisotopic (exact) mass is 386 g/mol. The van der Waals surface area contributed by atoms with E-state index < -0.39 is 5.97 Å². The fourth-order valence-corrected chi connectivity index (χ4v) is 4.59. The number of benzene rings is 1. The van der Waals surface area contributed by atoms with Crippen LogP contribution in [0.1, 0.15) is 66.0 Å². The van der Waals surface area contributed by atoms with Crippen molar-refractivity contribution in [2.24, 2.45) is 11.8 Å². The number of nitrogens with zero attached hydrogens (tertiary/aromatic N) is 1. The lowest BCUT2D eigenvalue weighted by Crippen LogP contribution is -2.40. The largest absolute Gasteiger partial charge is 0.478 e. The summed E-state index contributed by atoms with van der Waals surface area (Å²) in [7, 11) is 0. The molecule has 0 spiro atoms. The van der Waals surface area contributed by atoms with Gasteiger partial charge < -0.3 is 15.0 Å². The zero-order valence-corrected chi connectivity index (χ0v) is 17.3.